The lowest BCUT2D eigenvalue weighted by Crippen LogP contribution is -2.26. The largest absolute Gasteiger partial charge is 0.491 e. The molecule has 0 spiro atoms. The molecule has 0 N–H and O–H groups in total. The highest BCUT2D eigenvalue weighted by Crippen LogP contribution is 2.37. The van der Waals surface area contributed by atoms with Gasteiger partial charge in [-0.3, -0.25) is 0 Å². The van der Waals surface area contributed by atoms with E-state index in [0.717, 1.165) is 32.1 Å². The molecule has 4 rings (SSSR count). The van der Waals surface area contributed by atoms with E-state index < -0.39 is 23.3 Å². The van der Waals surface area contributed by atoms with E-state index in [9.17, 15) is 13.2 Å². The molecule has 2 atom stereocenters. The zero-order valence-corrected chi connectivity index (χ0v) is 20.8. The van der Waals surface area contributed by atoms with Crippen molar-refractivity contribution in [1.82, 2.24) is 0 Å². The molecule has 0 bridgehead atoms. The molecule has 2 nitrogen and oxygen atoms in total. The first-order chi connectivity index (χ1) is 17.4. The van der Waals surface area contributed by atoms with Crippen LogP contribution in [-0.2, 0) is 17.6 Å². The monoisotopic (exact) mass is 500 g/mol. The number of ether oxygens (including phenoxy) is 2. The van der Waals surface area contributed by atoms with Gasteiger partial charge in [-0.2, -0.15) is 4.39 Å². The molecule has 1 saturated heterocycles. The van der Waals surface area contributed by atoms with Gasteiger partial charge in [-0.1, -0.05) is 49.7 Å². The average Bonchev–Trinajstić information content (AvgIpc) is 2.89. The molecule has 6 heteroatoms. The second-order valence-corrected chi connectivity index (χ2v) is 9.34. The fourth-order valence-corrected chi connectivity index (χ4v) is 4.86. The van der Waals surface area contributed by atoms with Crippen molar-refractivity contribution in [2.24, 2.45) is 0 Å². The van der Waals surface area contributed by atoms with Crippen molar-refractivity contribution in [2.75, 3.05) is 13.2 Å². The van der Waals surface area contributed by atoms with Crippen LogP contribution in [0.4, 0.5) is 17.6 Å². The minimum atomic E-state index is -1.27. The van der Waals surface area contributed by atoms with Crippen LogP contribution in [0.15, 0.2) is 48.5 Å². The predicted octanol–water partition coefficient (Wildman–Crippen LogP) is 8.16. The van der Waals surface area contributed by atoms with Crippen LogP contribution in [0.1, 0.15) is 62.1 Å². The minimum Gasteiger partial charge on any atom is -0.491 e. The van der Waals surface area contributed by atoms with Gasteiger partial charge in [0.1, 0.15) is 0 Å². The molecular weight excluding hydrogens is 468 g/mol. The van der Waals surface area contributed by atoms with E-state index in [1.54, 1.807) is 6.92 Å². The summed E-state index contributed by atoms with van der Waals surface area (Å²) >= 11 is 0. The van der Waals surface area contributed by atoms with Gasteiger partial charge in [0.25, 0.3) is 0 Å². The van der Waals surface area contributed by atoms with Crippen LogP contribution < -0.4 is 4.74 Å². The summed E-state index contributed by atoms with van der Waals surface area (Å²) in [5, 5.41) is 0. The van der Waals surface area contributed by atoms with E-state index in [0.29, 0.717) is 13.0 Å². The van der Waals surface area contributed by atoms with Gasteiger partial charge in [-0.15, -0.1) is 0 Å². The maximum Gasteiger partial charge on any atom is 0.201 e. The Labute approximate surface area is 210 Å². The quantitative estimate of drug-likeness (QED) is 0.276. The summed E-state index contributed by atoms with van der Waals surface area (Å²) in [7, 11) is 0. The lowest BCUT2D eigenvalue weighted by molar-refractivity contribution is -0.00126. The molecule has 2 unspecified atom stereocenters. The molecule has 1 aliphatic rings. The van der Waals surface area contributed by atoms with Crippen molar-refractivity contribution in [2.45, 2.75) is 64.4 Å². The SMILES string of the molecule is CCCc1ccc(CCC2CCC(c3ccc(-c4ccc(OCC)c(F)c4F)c(F)c3F)CO2)cc1. The summed E-state index contributed by atoms with van der Waals surface area (Å²) < 4.78 is 69.9. The zero-order chi connectivity index (χ0) is 25.7. The summed E-state index contributed by atoms with van der Waals surface area (Å²) in [5.41, 5.74) is 2.14. The van der Waals surface area contributed by atoms with Gasteiger partial charge < -0.3 is 9.47 Å². The highest BCUT2D eigenvalue weighted by Gasteiger charge is 2.28. The van der Waals surface area contributed by atoms with Crippen LogP contribution in [0.25, 0.3) is 11.1 Å². The Bertz CT molecular complexity index is 1170. The average molecular weight is 501 g/mol. The standard InChI is InChI=1S/C30H32F4O2/c1-3-5-19-6-8-20(9-7-19)10-12-22-13-11-21(18-36-22)23-14-15-24(28(32)27(23)31)25-16-17-26(35-4-2)30(34)29(25)33/h6-9,14-17,21-22H,3-5,10-13,18H2,1-2H3. The summed E-state index contributed by atoms with van der Waals surface area (Å²) in [6.07, 6.45) is 5.48. The Morgan fingerprint density at radius 2 is 1.39 bits per heavy atom. The van der Waals surface area contributed by atoms with Gasteiger partial charge in [-0.25, -0.2) is 13.2 Å². The number of hydrogen-bond donors (Lipinski definition) is 0. The van der Waals surface area contributed by atoms with Crippen LogP contribution in [0, 0.1) is 23.3 Å². The van der Waals surface area contributed by atoms with Crippen molar-refractivity contribution in [3.8, 4) is 16.9 Å². The second-order valence-electron chi connectivity index (χ2n) is 9.34. The van der Waals surface area contributed by atoms with Crippen LogP contribution in [0.5, 0.6) is 5.75 Å². The van der Waals surface area contributed by atoms with E-state index in [1.807, 2.05) is 0 Å². The van der Waals surface area contributed by atoms with Gasteiger partial charge in [0, 0.05) is 17.0 Å². The topological polar surface area (TPSA) is 18.5 Å². The molecule has 0 aliphatic carbocycles. The molecule has 1 aliphatic heterocycles. The summed E-state index contributed by atoms with van der Waals surface area (Å²) in [4.78, 5) is 0. The van der Waals surface area contributed by atoms with Crippen LogP contribution in [0.2, 0.25) is 0 Å². The third-order valence-electron chi connectivity index (χ3n) is 6.88. The van der Waals surface area contributed by atoms with Crippen LogP contribution in [-0.4, -0.2) is 19.3 Å². The molecule has 0 radical (unpaired) electrons. The Morgan fingerprint density at radius 1 is 0.750 bits per heavy atom. The Morgan fingerprint density at radius 3 is 2.00 bits per heavy atom. The smallest absolute Gasteiger partial charge is 0.201 e. The number of rotatable bonds is 9. The predicted molar refractivity (Wildman–Crippen MR) is 133 cm³/mol. The van der Waals surface area contributed by atoms with Crippen molar-refractivity contribution in [3.63, 3.8) is 0 Å². The zero-order valence-electron chi connectivity index (χ0n) is 20.8. The Hall–Kier alpha value is -2.86. The molecule has 36 heavy (non-hydrogen) atoms. The van der Waals surface area contributed by atoms with Crippen LogP contribution in [0.3, 0.4) is 0 Å². The third kappa shape index (κ3) is 5.75. The molecule has 192 valence electrons. The fourth-order valence-electron chi connectivity index (χ4n) is 4.86. The first-order valence-electron chi connectivity index (χ1n) is 12.7. The summed E-state index contributed by atoms with van der Waals surface area (Å²) in [6.45, 7) is 4.26. The molecule has 1 heterocycles. The van der Waals surface area contributed by atoms with Crippen LogP contribution >= 0.6 is 0 Å². The highest BCUT2D eigenvalue weighted by molar-refractivity contribution is 5.66. The Balaban J connectivity index is 1.39. The first kappa shape index (κ1) is 26.2. The van der Waals surface area contributed by atoms with Gasteiger partial charge in [0.15, 0.2) is 23.2 Å². The molecule has 3 aromatic rings. The second kappa shape index (κ2) is 11.9. The van der Waals surface area contributed by atoms with E-state index in [-0.39, 0.29) is 41.1 Å². The van der Waals surface area contributed by atoms with Gasteiger partial charge in [0.05, 0.1) is 19.3 Å². The van der Waals surface area contributed by atoms with Crippen molar-refractivity contribution < 1.29 is 27.0 Å². The maximum atomic E-state index is 15.0. The first-order valence-corrected chi connectivity index (χ1v) is 12.7. The van der Waals surface area contributed by atoms with E-state index in [4.69, 9.17) is 9.47 Å². The van der Waals surface area contributed by atoms with Crippen molar-refractivity contribution >= 4 is 0 Å². The van der Waals surface area contributed by atoms with Gasteiger partial charge >= 0.3 is 0 Å². The molecular formula is C30H32F4O2. The van der Waals surface area contributed by atoms with Crippen molar-refractivity contribution in [1.29, 1.82) is 0 Å². The number of hydrogen-bond acceptors (Lipinski definition) is 2. The third-order valence-corrected chi connectivity index (χ3v) is 6.88. The lowest BCUT2D eigenvalue weighted by atomic mass is 9.88. The number of benzene rings is 3. The van der Waals surface area contributed by atoms with E-state index in [2.05, 4.69) is 31.2 Å². The lowest BCUT2D eigenvalue weighted by Gasteiger charge is -2.30. The molecule has 0 saturated carbocycles. The van der Waals surface area contributed by atoms with Gasteiger partial charge in [-0.05, 0) is 67.9 Å². The summed E-state index contributed by atoms with van der Waals surface area (Å²) in [5.74, 6) is -5.28. The minimum absolute atomic E-state index is 0.0738. The van der Waals surface area contributed by atoms with Gasteiger partial charge in [0.2, 0.25) is 5.82 Å². The Kier molecular flexibility index (Phi) is 8.68. The van der Waals surface area contributed by atoms with E-state index in [1.165, 1.54) is 35.4 Å². The molecule has 0 aromatic heterocycles. The highest BCUT2D eigenvalue weighted by atomic mass is 19.2. The summed E-state index contributed by atoms with van der Waals surface area (Å²) in [6, 6.07) is 13.8. The number of halogens is 4. The van der Waals surface area contributed by atoms with Crippen molar-refractivity contribution in [3.05, 3.63) is 88.5 Å². The molecule has 3 aromatic carbocycles. The van der Waals surface area contributed by atoms with E-state index >= 15 is 4.39 Å². The molecule has 1 fully saturated rings. The molecule has 0 amide bonds. The number of aryl methyl sites for hydroxylation is 2. The fraction of sp³-hybridized carbons (Fsp3) is 0.400. The normalized spacial score (nSPS) is 17.8. The maximum absolute atomic E-state index is 15.0.